The molecular formula is C15H14N2O5. The van der Waals surface area contributed by atoms with Gasteiger partial charge in [0, 0.05) is 24.4 Å². The van der Waals surface area contributed by atoms with Crippen LogP contribution in [0.5, 0.6) is 5.75 Å². The van der Waals surface area contributed by atoms with Crippen LogP contribution in [0, 0.1) is 0 Å². The van der Waals surface area contributed by atoms with Crippen LogP contribution < -0.4 is 20.8 Å². The molecule has 0 aliphatic heterocycles. The first-order valence-corrected chi connectivity index (χ1v) is 6.35. The fraction of sp³-hybridized carbons (Fsp3) is 0.133. The number of amides is 2. The van der Waals surface area contributed by atoms with Gasteiger partial charge >= 0.3 is 0 Å². The molecule has 7 heteroatoms. The van der Waals surface area contributed by atoms with Gasteiger partial charge in [0.25, 0.3) is 5.91 Å². The highest BCUT2D eigenvalue weighted by Crippen LogP contribution is 2.16. The molecule has 1 heterocycles. The molecular weight excluding hydrogens is 288 g/mol. The number of nitrogens with one attached hydrogen (secondary N) is 2. The average Bonchev–Trinajstić information content (AvgIpc) is 2.46. The van der Waals surface area contributed by atoms with Crippen molar-refractivity contribution in [3.63, 3.8) is 0 Å². The molecule has 114 valence electrons. The zero-order chi connectivity index (χ0) is 16.1. The summed E-state index contributed by atoms with van der Waals surface area (Å²) < 4.78 is 9.82. The van der Waals surface area contributed by atoms with E-state index in [-0.39, 0.29) is 17.4 Å². The second-order valence-electron chi connectivity index (χ2n) is 4.39. The number of methoxy groups -OCH3 is 1. The van der Waals surface area contributed by atoms with Crippen molar-refractivity contribution >= 4 is 23.2 Å². The molecule has 2 amide bonds. The lowest BCUT2D eigenvalue weighted by atomic mass is 10.2. The molecule has 0 saturated carbocycles. The summed E-state index contributed by atoms with van der Waals surface area (Å²) in [5, 5.41) is 5.18. The second-order valence-corrected chi connectivity index (χ2v) is 4.39. The van der Waals surface area contributed by atoms with E-state index >= 15 is 0 Å². The molecule has 22 heavy (non-hydrogen) atoms. The van der Waals surface area contributed by atoms with Crippen molar-refractivity contribution in [3.05, 3.63) is 52.6 Å². The Labute approximate surface area is 125 Å². The molecule has 2 N–H and O–H groups in total. The number of benzene rings is 1. The van der Waals surface area contributed by atoms with Gasteiger partial charge in [-0.15, -0.1) is 0 Å². The van der Waals surface area contributed by atoms with Crippen molar-refractivity contribution in [3.8, 4) is 5.75 Å². The zero-order valence-corrected chi connectivity index (χ0v) is 12.0. The van der Waals surface area contributed by atoms with E-state index in [9.17, 15) is 14.4 Å². The minimum atomic E-state index is -0.584. The smallest absolute Gasteiger partial charge is 0.291 e. The van der Waals surface area contributed by atoms with Crippen LogP contribution in [-0.4, -0.2) is 18.9 Å². The third-order valence-corrected chi connectivity index (χ3v) is 2.68. The van der Waals surface area contributed by atoms with Crippen molar-refractivity contribution in [2.24, 2.45) is 0 Å². The summed E-state index contributed by atoms with van der Waals surface area (Å²) in [6.45, 7) is 1.39. The van der Waals surface area contributed by atoms with Gasteiger partial charge in [-0.3, -0.25) is 14.4 Å². The van der Waals surface area contributed by atoms with E-state index in [1.165, 1.54) is 14.0 Å². The summed E-state index contributed by atoms with van der Waals surface area (Å²) in [6.07, 6.45) is 1.07. The first-order chi connectivity index (χ1) is 10.5. The first kappa shape index (κ1) is 15.3. The third kappa shape index (κ3) is 3.72. The lowest BCUT2D eigenvalue weighted by Crippen LogP contribution is -2.15. The summed E-state index contributed by atoms with van der Waals surface area (Å²) >= 11 is 0. The topological polar surface area (TPSA) is 97.6 Å². The number of carbonyl (C=O) groups is 2. The van der Waals surface area contributed by atoms with Crippen molar-refractivity contribution < 1.29 is 18.7 Å². The Morgan fingerprint density at radius 1 is 1.14 bits per heavy atom. The number of carbonyl (C=O) groups excluding carboxylic acids is 2. The van der Waals surface area contributed by atoms with Crippen LogP contribution in [0.1, 0.15) is 17.5 Å². The highest BCUT2D eigenvalue weighted by atomic mass is 16.5. The normalized spacial score (nSPS) is 9.91. The van der Waals surface area contributed by atoms with Gasteiger partial charge < -0.3 is 19.8 Å². The first-order valence-electron chi connectivity index (χ1n) is 6.35. The molecule has 2 aromatic rings. The average molecular weight is 302 g/mol. The van der Waals surface area contributed by atoms with E-state index in [4.69, 9.17) is 9.15 Å². The maximum Gasteiger partial charge on any atom is 0.291 e. The molecule has 0 aliphatic rings. The highest BCUT2D eigenvalue weighted by Gasteiger charge is 2.12. The molecule has 1 aromatic carbocycles. The van der Waals surface area contributed by atoms with E-state index in [2.05, 4.69) is 10.6 Å². The molecule has 0 bridgehead atoms. The molecule has 0 saturated heterocycles. The number of ether oxygens (including phenoxy) is 1. The van der Waals surface area contributed by atoms with Gasteiger partial charge in [-0.25, -0.2) is 0 Å². The van der Waals surface area contributed by atoms with Crippen LogP contribution in [0.2, 0.25) is 0 Å². The Hall–Kier alpha value is -3.09. The van der Waals surface area contributed by atoms with Gasteiger partial charge in [0.15, 0.2) is 5.76 Å². The molecule has 0 unspecified atom stereocenters. The highest BCUT2D eigenvalue weighted by molar-refractivity contribution is 6.02. The van der Waals surface area contributed by atoms with Crippen LogP contribution >= 0.6 is 0 Å². The van der Waals surface area contributed by atoms with Crippen LogP contribution in [-0.2, 0) is 4.79 Å². The number of hydrogen-bond donors (Lipinski definition) is 2. The van der Waals surface area contributed by atoms with Gasteiger partial charge in [0.1, 0.15) is 6.26 Å². The van der Waals surface area contributed by atoms with Gasteiger partial charge in [0.2, 0.25) is 17.1 Å². The predicted molar refractivity (Wildman–Crippen MR) is 80.2 cm³/mol. The molecule has 0 radical (unpaired) electrons. The molecule has 7 nitrogen and oxygen atoms in total. The van der Waals surface area contributed by atoms with Crippen LogP contribution in [0.25, 0.3) is 0 Å². The van der Waals surface area contributed by atoms with E-state index in [0.29, 0.717) is 11.4 Å². The Kier molecular flexibility index (Phi) is 4.57. The van der Waals surface area contributed by atoms with Crippen LogP contribution in [0.3, 0.4) is 0 Å². The molecule has 0 fully saturated rings. The van der Waals surface area contributed by atoms with Crippen molar-refractivity contribution in [1.82, 2.24) is 0 Å². The fourth-order valence-electron chi connectivity index (χ4n) is 1.74. The minimum Gasteiger partial charge on any atom is -0.490 e. The van der Waals surface area contributed by atoms with Crippen molar-refractivity contribution in [1.29, 1.82) is 0 Å². The van der Waals surface area contributed by atoms with Gasteiger partial charge in [-0.05, 0) is 18.2 Å². The SMILES string of the molecule is COc1coc(C(=O)Nc2cccc(NC(C)=O)c2)cc1=O. The maximum atomic E-state index is 12.0. The summed E-state index contributed by atoms with van der Waals surface area (Å²) in [4.78, 5) is 34.6. The molecule has 0 atom stereocenters. The Balaban J connectivity index is 2.16. The largest absolute Gasteiger partial charge is 0.490 e. The third-order valence-electron chi connectivity index (χ3n) is 2.68. The summed E-state index contributed by atoms with van der Waals surface area (Å²) in [7, 11) is 1.33. The summed E-state index contributed by atoms with van der Waals surface area (Å²) in [6, 6.07) is 7.63. The van der Waals surface area contributed by atoms with Gasteiger partial charge in [-0.2, -0.15) is 0 Å². The number of hydrogen-bond acceptors (Lipinski definition) is 5. The van der Waals surface area contributed by atoms with Crippen molar-refractivity contribution in [2.45, 2.75) is 6.92 Å². The van der Waals surface area contributed by atoms with Crippen LogP contribution in [0.4, 0.5) is 11.4 Å². The Morgan fingerprint density at radius 3 is 2.41 bits per heavy atom. The van der Waals surface area contributed by atoms with E-state index in [1.54, 1.807) is 24.3 Å². The molecule has 2 rings (SSSR count). The Morgan fingerprint density at radius 2 is 1.82 bits per heavy atom. The standard InChI is InChI=1S/C15H14N2O5/c1-9(18)16-10-4-3-5-11(6-10)17-15(20)13-7-12(19)14(21-2)8-22-13/h3-8H,1-2H3,(H,16,18)(H,17,20). The number of rotatable bonds is 4. The van der Waals surface area contributed by atoms with E-state index < -0.39 is 11.3 Å². The lowest BCUT2D eigenvalue weighted by Gasteiger charge is -2.07. The number of anilines is 2. The van der Waals surface area contributed by atoms with Gasteiger partial charge in [0.05, 0.1) is 7.11 Å². The fourth-order valence-corrected chi connectivity index (χ4v) is 1.74. The predicted octanol–water partition coefficient (Wildman–Crippen LogP) is 1.86. The van der Waals surface area contributed by atoms with Gasteiger partial charge in [-0.1, -0.05) is 6.07 Å². The van der Waals surface area contributed by atoms with Crippen LogP contribution in [0.15, 0.2) is 45.8 Å². The lowest BCUT2D eigenvalue weighted by molar-refractivity contribution is -0.114. The Bertz CT molecular complexity index is 767. The van der Waals surface area contributed by atoms with Crippen molar-refractivity contribution in [2.75, 3.05) is 17.7 Å². The minimum absolute atomic E-state index is 0.0178. The molecule has 0 spiro atoms. The quantitative estimate of drug-likeness (QED) is 0.898. The summed E-state index contributed by atoms with van der Waals surface area (Å²) in [5.74, 6) is -0.927. The maximum absolute atomic E-state index is 12.0. The monoisotopic (exact) mass is 302 g/mol. The summed E-state index contributed by atoms with van der Waals surface area (Å²) in [5.41, 5.74) is 0.544. The second kappa shape index (κ2) is 6.57. The zero-order valence-electron chi connectivity index (χ0n) is 12.0. The molecule has 0 aliphatic carbocycles. The molecule has 1 aromatic heterocycles. The van der Waals surface area contributed by atoms with E-state index in [0.717, 1.165) is 12.3 Å². The van der Waals surface area contributed by atoms with E-state index in [1.807, 2.05) is 0 Å².